The van der Waals surface area contributed by atoms with Gasteiger partial charge in [-0.1, -0.05) is 12.1 Å². The van der Waals surface area contributed by atoms with E-state index < -0.39 is 15.9 Å². The van der Waals surface area contributed by atoms with Gasteiger partial charge >= 0.3 is 0 Å². The van der Waals surface area contributed by atoms with Gasteiger partial charge in [0.05, 0.1) is 25.8 Å². The van der Waals surface area contributed by atoms with Crippen LogP contribution in [0.2, 0.25) is 0 Å². The molecule has 0 heterocycles. The molecule has 0 unspecified atom stereocenters. The van der Waals surface area contributed by atoms with Crippen molar-refractivity contribution in [2.24, 2.45) is 0 Å². The van der Waals surface area contributed by atoms with Crippen molar-refractivity contribution >= 4 is 33.2 Å². The number of para-hydroxylation sites is 1. The summed E-state index contributed by atoms with van der Waals surface area (Å²) in [6.45, 7) is 0.612. The Bertz CT molecular complexity index is 1060. The van der Waals surface area contributed by atoms with E-state index in [4.69, 9.17) is 9.47 Å². The molecule has 0 aromatic heterocycles. The lowest BCUT2D eigenvalue weighted by Crippen LogP contribution is -2.28. The van der Waals surface area contributed by atoms with Crippen molar-refractivity contribution in [2.75, 3.05) is 58.6 Å². The molecular formula is C21H28N4O6S. The molecule has 0 bridgehead atoms. The molecule has 0 spiro atoms. The fraction of sp³-hybridized carbons (Fsp3) is 0.333. The maximum atomic E-state index is 12.5. The van der Waals surface area contributed by atoms with Gasteiger partial charge in [0.2, 0.25) is 15.9 Å². The first kappa shape index (κ1) is 25.1. The fourth-order valence-corrected chi connectivity index (χ4v) is 3.81. The van der Waals surface area contributed by atoms with Crippen molar-refractivity contribution in [1.82, 2.24) is 9.62 Å². The summed E-state index contributed by atoms with van der Waals surface area (Å²) in [6, 6.07) is 11.2. The molecule has 0 saturated carbocycles. The van der Waals surface area contributed by atoms with Gasteiger partial charge in [0.1, 0.15) is 10.6 Å². The van der Waals surface area contributed by atoms with E-state index in [0.29, 0.717) is 30.1 Å². The first-order valence-electron chi connectivity index (χ1n) is 9.71. The molecule has 0 aliphatic carbocycles. The average molecular weight is 465 g/mol. The van der Waals surface area contributed by atoms with Crippen molar-refractivity contribution in [2.45, 2.75) is 4.90 Å². The summed E-state index contributed by atoms with van der Waals surface area (Å²) >= 11 is 0. The van der Waals surface area contributed by atoms with Crippen LogP contribution < -0.4 is 20.7 Å². The van der Waals surface area contributed by atoms with Crippen LogP contribution >= 0.6 is 0 Å². The number of sulfonamides is 1. The van der Waals surface area contributed by atoms with E-state index in [0.717, 1.165) is 4.31 Å². The van der Waals surface area contributed by atoms with Gasteiger partial charge in [-0.05, 0) is 30.3 Å². The summed E-state index contributed by atoms with van der Waals surface area (Å²) in [5.74, 6) is -0.541. The van der Waals surface area contributed by atoms with E-state index >= 15 is 0 Å². The second-order valence-corrected chi connectivity index (χ2v) is 8.97. The van der Waals surface area contributed by atoms with E-state index in [1.165, 1.54) is 33.3 Å². The Kier molecular flexibility index (Phi) is 9.00. The highest BCUT2D eigenvalue weighted by molar-refractivity contribution is 7.89. The third kappa shape index (κ3) is 6.42. The molecule has 2 amide bonds. The van der Waals surface area contributed by atoms with Gasteiger partial charge in [-0.15, -0.1) is 0 Å². The molecule has 10 nitrogen and oxygen atoms in total. The predicted molar refractivity (Wildman–Crippen MR) is 122 cm³/mol. The third-order valence-electron chi connectivity index (χ3n) is 4.41. The van der Waals surface area contributed by atoms with E-state index in [9.17, 15) is 18.0 Å². The molecule has 11 heteroatoms. The number of nitrogens with one attached hydrogen (secondary N) is 3. The summed E-state index contributed by atoms with van der Waals surface area (Å²) < 4.78 is 36.2. The van der Waals surface area contributed by atoms with E-state index in [1.807, 2.05) is 0 Å². The zero-order chi connectivity index (χ0) is 23.7. The van der Waals surface area contributed by atoms with Crippen LogP contribution in [0.1, 0.15) is 10.4 Å². The fourth-order valence-electron chi connectivity index (χ4n) is 2.73. The number of hydrogen-bond donors (Lipinski definition) is 3. The molecule has 174 valence electrons. The van der Waals surface area contributed by atoms with E-state index in [-0.39, 0.29) is 23.1 Å². The third-order valence-corrected chi connectivity index (χ3v) is 6.25. The number of ether oxygens (including phenoxy) is 2. The van der Waals surface area contributed by atoms with Crippen LogP contribution in [0.5, 0.6) is 5.75 Å². The second kappa shape index (κ2) is 11.5. The van der Waals surface area contributed by atoms with Gasteiger partial charge in [0.25, 0.3) is 5.91 Å². The molecule has 0 fully saturated rings. The Hall–Kier alpha value is -3.15. The largest absolute Gasteiger partial charge is 0.495 e. The normalized spacial score (nSPS) is 11.2. The minimum absolute atomic E-state index is 0.0613. The molecule has 2 aromatic carbocycles. The SMILES string of the molecule is COCCNC(=O)c1ccccc1NCC(=O)Nc1ccc(OC)c(S(=O)(=O)N(C)C)c1. The summed E-state index contributed by atoms with van der Waals surface area (Å²) in [6.07, 6.45) is 0. The van der Waals surface area contributed by atoms with Gasteiger partial charge < -0.3 is 25.4 Å². The number of benzene rings is 2. The topological polar surface area (TPSA) is 126 Å². The summed E-state index contributed by atoms with van der Waals surface area (Å²) in [7, 11) is 1.96. The quantitative estimate of drug-likeness (QED) is 0.429. The van der Waals surface area contributed by atoms with Gasteiger partial charge in [0, 0.05) is 39.1 Å². The van der Waals surface area contributed by atoms with Crippen LogP contribution in [0.4, 0.5) is 11.4 Å². The molecule has 32 heavy (non-hydrogen) atoms. The monoisotopic (exact) mass is 464 g/mol. The number of anilines is 2. The highest BCUT2D eigenvalue weighted by Crippen LogP contribution is 2.28. The minimum Gasteiger partial charge on any atom is -0.495 e. The molecule has 0 radical (unpaired) electrons. The van der Waals surface area contributed by atoms with Gasteiger partial charge in [0.15, 0.2) is 0 Å². The summed E-state index contributed by atoms with van der Waals surface area (Å²) in [4.78, 5) is 24.7. The highest BCUT2D eigenvalue weighted by atomic mass is 32.2. The van der Waals surface area contributed by atoms with Crippen molar-refractivity contribution in [3.63, 3.8) is 0 Å². The van der Waals surface area contributed by atoms with Crippen LogP contribution in [0.15, 0.2) is 47.4 Å². The number of carbonyl (C=O) groups is 2. The average Bonchev–Trinajstić information content (AvgIpc) is 2.77. The number of carbonyl (C=O) groups excluding carboxylic acids is 2. The number of rotatable bonds is 11. The predicted octanol–water partition coefficient (Wildman–Crippen LogP) is 1.37. The van der Waals surface area contributed by atoms with Crippen molar-refractivity contribution in [1.29, 1.82) is 0 Å². The Balaban J connectivity index is 2.09. The second-order valence-electron chi connectivity index (χ2n) is 6.85. The van der Waals surface area contributed by atoms with Crippen LogP contribution in [-0.4, -0.2) is 72.5 Å². The minimum atomic E-state index is -3.77. The molecular weight excluding hydrogens is 436 g/mol. The zero-order valence-corrected chi connectivity index (χ0v) is 19.3. The van der Waals surface area contributed by atoms with Gasteiger partial charge in [-0.25, -0.2) is 12.7 Å². The van der Waals surface area contributed by atoms with Crippen LogP contribution in [0.3, 0.4) is 0 Å². The molecule has 0 aliphatic heterocycles. The number of nitrogens with zero attached hydrogens (tertiary/aromatic N) is 1. The number of hydrogen-bond acceptors (Lipinski definition) is 7. The Morgan fingerprint density at radius 1 is 1.06 bits per heavy atom. The van der Waals surface area contributed by atoms with E-state index in [2.05, 4.69) is 16.0 Å². The first-order chi connectivity index (χ1) is 15.2. The number of amides is 2. The van der Waals surface area contributed by atoms with Crippen LogP contribution in [-0.2, 0) is 19.6 Å². The lowest BCUT2D eigenvalue weighted by molar-refractivity contribution is -0.114. The van der Waals surface area contributed by atoms with Crippen LogP contribution in [0, 0.1) is 0 Å². The lowest BCUT2D eigenvalue weighted by Gasteiger charge is -2.16. The number of methoxy groups -OCH3 is 2. The standard InChI is InChI=1S/C21H28N4O6S/c1-25(2)32(28,29)19-13-15(9-10-18(19)31-4)24-20(26)14-23-17-8-6-5-7-16(17)21(27)22-11-12-30-3/h5-10,13,23H,11-12,14H2,1-4H3,(H,22,27)(H,24,26). The first-order valence-corrected chi connectivity index (χ1v) is 11.1. The van der Waals surface area contributed by atoms with Crippen LogP contribution in [0.25, 0.3) is 0 Å². The van der Waals surface area contributed by atoms with E-state index in [1.54, 1.807) is 37.4 Å². The zero-order valence-electron chi connectivity index (χ0n) is 18.5. The lowest BCUT2D eigenvalue weighted by atomic mass is 10.1. The maximum Gasteiger partial charge on any atom is 0.253 e. The molecule has 0 aliphatic rings. The molecule has 0 atom stereocenters. The Morgan fingerprint density at radius 3 is 2.44 bits per heavy atom. The smallest absolute Gasteiger partial charge is 0.253 e. The summed E-state index contributed by atoms with van der Waals surface area (Å²) in [5.41, 5.74) is 1.17. The molecule has 2 rings (SSSR count). The molecule has 0 saturated heterocycles. The summed E-state index contributed by atoms with van der Waals surface area (Å²) in [5, 5.41) is 8.31. The van der Waals surface area contributed by atoms with Gasteiger partial charge in [-0.3, -0.25) is 9.59 Å². The Morgan fingerprint density at radius 2 is 1.78 bits per heavy atom. The Labute approximate surface area is 187 Å². The van der Waals surface area contributed by atoms with Crippen molar-refractivity contribution in [3.05, 3.63) is 48.0 Å². The van der Waals surface area contributed by atoms with Crippen molar-refractivity contribution < 1.29 is 27.5 Å². The van der Waals surface area contributed by atoms with Crippen molar-refractivity contribution in [3.8, 4) is 5.75 Å². The molecule has 2 aromatic rings. The molecule has 3 N–H and O–H groups in total. The highest BCUT2D eigenvalue weighted by Gasteiger charge is 2.23. The van der Waals surface area contributed by atoms with Gasteiger partial charge in [-0.2, -0.15) is 0 Å². The maximum absolute atomic E-state index is 12.5.